The van der Waals surface area contributed by atoms with Crippen LogP contribution in [0.5, 0.6) is 0 Å². The van der Waals surface area contributed by atoms with E-state index < -0.39 is 23.5 Å². The third-order valence-electron chi connectivity index (χ3n) is 4.51. The molecule has 1 aliphatic rings. The van der Waals surface area contributed by atoms with Crippen molar-refractivity contribution in [3.8, 4) is 0 Å². The van der Waals surface area contributed by atoms with Crippen molar-refractivity contribution in [1.29, 1.82) is 0 Å². The lowest BCUT2D eigenvalue weighted by Gasteiger charge is -2.40. The number of aryl methyl sites for hydroxylation is 1. The summed E-state index contributed by atoms with van der Waals surface area (Å²) >= 11 is 0. The molecule has 0 saturated heterocycles. The highest BCUT2D eigenvalue weighted by molar-refractivity contribution is 6.21. The molecule has 9 heteroatoms. The van der Waals surface area contributed by atoms with Crippen LogP contribution in [0.4, 0.5) is 9.59 Å². The van der Waals surface area contributed by atoms with Gasteiger partial charge in [0, 0.05) is 18.5 Å². The van der Waals surface area contributed by atoms with Crippen LogP contribution in [0.3, 0.4) is 0 Å². The van der Waals surface area contributed by atoms with Crippen LogP contribution in [-0.4, -0.2) is 60.7 Å². The van der Waals surface area contributed by atoms with Crippen molar-refractivity contribution in [3.05, 3.63) is 48.0 Å². The Morgan fingerprint density at radius 1 is 1.23 bits per heavy atom. The molecule has 0 radical (unpaired) electrons. The number of carbonyl (C=O) groups excluding carboxylic acids is 3. The fraction of sp³-hybridized carbons (Fsp3) is 0.429. The number of amidine groups is 1. The Bertz CT molecular complexity index is 821. The highest BCUT2D eigenvalue weighted by Gasteiger charge is 2.53. The number of carbonyl (C=O) groups is 3. The molecule has 1 atom stereocenters. The largest absolute Gasteiger partial charge is 0.449 e. The standard InChI is InChI=1S/C21H28N4O5/c1-5-12-21(18-22-13-14-23-18,17(26)16-10-8-15(4)9-11-16)25(20(28)30-7-3)24-19(27)29-6-2/h5,8-11H,1,6-7,12-14H2,2-4H3,(H,22,23)(H,24,27). The smallest absolute Gasteiger partial charge is 0.430 e. The minimum absolute atomic E-state index is 0.0171. The average Bonchev–Trinajstić information content (AvgIpc) is 3.26. The lowest BCUT2D eigenvalue weighted by atomic mass is 9.83. The van der Waals surface area contributed by atoms with Gasteiger partial charge in [-0.3, -0.25) is 9.79 Å². The fourth-order valence-electron chi connectivity index (χ4n) is 3.16. The predicted octanol–water partition coefficient (Wildman–Crippen LogP) is 2.61. The second kappa shape index (κ2) is 10.4. The molecule has 0 aromatic heterocycles. The summed E-state index contributed by atoms with van der Waals surface area (Å²) in [5, 5.41) is 3.92. The Hall–Kier alpha value is -3.36. The molecule has 1 heterocycles. The highest BCUT2D eigenvalue weighted by Crippen LogP contribution is 2.28. The molecule has 0 spiro atoms. The first-order chi connectivity index (χ1) is 14.4. The van der Waals surface area contributed by atoms with Crippen LogP contribution in [0.15, 0.2) is 41.9 Å². The second-order valence-corrected chi connectivity index (χ2v) is 6.57. The van der Waals surface area contributed by atoms with Crippen LogP contribution in [0.25, 0.3) is 0 Å². The summed E-state index contributed by atoms with van der Waals surface area (Å²) in [6.07, 6.45) is -0.330. The predicted molar refractivity (Wildman–Crippen MR) is 112 cm³/mol. The summed E-state index contributed by atoms with van der Waals surface area (Å²) in [6.45, 7) is 9.96. The highest BCUT2D eigenvalue weighted by atomic mass is 16.6. The van der Waals surface area contributed by atoms with Crippen LogP contribution in [0.1, 0.15) is 36.2 Å². The van der Waals surface area contributed by atoms with Crippen molar-refractivity contribution in [2.45, 2.75) is 32.7 Å². The van der Waals surface area contributed by atoms with Crippen molar-refractivity contribution in [2.24, 2.45) is 4.99 Å². The molecule has 162 valence electrons. The van der Waals surface area contributed by atoms with Crippen molar-refractivity contribution >= 4 is 23.8 Å². The van der Waals surface area contributed by atoms with Gasteiger partial charge in [0.2, 0.25) is 0 Å². The van der Waals surface area contributed by atoms with Crippen molar-refractivity contribution < 1.29 is 23.9 Å². The summed E-state index contributed by atoms with van der Waals surface area (Å²) in [4.78, 5) is 43.4. The second-order valence-electron chi connectivity index (χ2n) is 6.57. The van der Waals surface area contributed by atoms with Gasteiger partial charge >= 0.3 is 12.2 Å². The van der Waals surface area contributed by atoms with Gasteiger partial charge in [-0.2, -0.15) is 5.01 Å². The Morgan fingerprint density at radius 2 is 1.90 bits per heavy atom. The maximum Gasteiger partial charge on any atom is 0.430 e. The number of ether oxygens (including phenoxy) is 2. The number of nitrogens with one attached hydrogen (secondary N) is 2. The third kappa shape index (κ3) is 4.79. The minimum atomic E-state index is -1.72. The van der Waals surface area contributed by atoms with Gasteiger partial charge in [-0.15, -0.1) is 6.58 Å². The number of Topliss-reactive ketones (excluding diaryl/α,β-unsaturated/α-hetero) is 1. The number of ketones is 1. The first-order valence-electron chi connectivity index (χ1n) is 9.82. The van der Waals surface area contributed by atoms with E-state index in [1.807, 2.05) is 6.92 Å². The molecule has 0 bridgehead atoms. The topological polar surface area (TPSA) is 109 Å². The zero-order valence-electron chi connectivity index (χ0n) is 17.6. The zero-order valence-corrected chi connectivity index (χ0v) is 17.6. The first kappa shape index (κ1) is 22.9. The van der Waals surface area contributed by atoms with Gasteiger partial charge in [0.15, 0.2) is 11.3 Å². The van der Waals surface area contributed by atoms with Crippen LogP contribution in [-0.2, 0) is 9.47 Å². The normalized spacial score (nSPS) is 14.6. The van der Waals surface area contributed by atoms with E-state index in [2.05, 4.69) is 22.3 Å². The van der Waals surface area contributed by atoms with E-state index in [0.717, 1.165) is 10.6 Å². The molecule has 1 aromatic rings. The van der Waals surface area contributed by atoms with Crippen molar-refractivity contribution in [1.82, 2.24) is 15.8 Å². The number of benzene rings is 1. The number of aliphatic imine (C=N–C) groups is 1. The van der Waals surface area contributed by atoms with E-state index >= 15 is 0 Å². The summed E-state index contributed by atoms with van der Waals surface area (Å²) in [6, 6.07) is 6.92. The Kier molecular flexibility index (Phi) is 7.97. The number of hydrogen-bond donors (Lipinski definition) is 2. The van der Waals surface area contributed by atoms with Gasteiger partial charge in [0.25, 0.3) is 0 Å². The molecule has 2 rings (SSSR count). The minimum Gasteiger partial charge on any atom is -0.449 e. The lowest BCUT2D eigenvalue weighted by molar-refractivity contribution is 0.0355. The molecular weight excluding hydrogens is 388 g/mol. The molecule has 1 aromatic carbocycles. The van der Waals surface area contributed by atoms with E-state index in [1.165, 1.54) is 6.08 Å². The molecule has 9 nitrogen and oxygen atoms in total. The summed E-state index contributed by atoms with van der Waals surface area (Å²) in [5.74, 6) is -0.196. The Morgan fingerprint density at radius 3 is 2.43 bits per heavy atom. The molecule has 30 heavy (non-hydrogen) atoms. The van der Waals surface area contributed by atoms with Gasteiger partial charge in [-0.25, -0.2) is 15.0 Å². The van der Waals surface area contributed by atoms with Crippen LogP contribution in [0.2, 0.25) is 0 Å². The Labute approximate surface area is 176 Å². The van der Waals surface area contributed by atoms with Crippen LogP contribution >= 0.6 is 0 Å². The number of rotatable bonds is 8. The monoisotopic (exact) mass is 416 g/mol. The molecule has 0 aliphatic carbocycles. The van der Waals surface area contributed by atoms with Crippen LogP contribution < -0.4 is 10.7 Å². The van der Waals surface area contributed by atoms with Crippen molar-refractivity contribution in [2.75, 3.05) is 26.3 Å². The van der Waals surface area contributed by atoms with Crippen LogP contribution in [0, 0.1) is 6.92 Å². The third-order valence-corrected chi connectivity index (χ3v) is 4.51. The van der Waals surface area contributed by atoms with Gasteiger partial charge < -0.3 is 14.8 Å². The van der Waals surface area contributed by atoms with Gasteiger partial charge in [0.1, 0.15) is 5.84 Å². The number of nitrogens with zero attached hydrogens (tertiary/aromatic N) is 2. The van der Waals surface area contributed by atoms with Crippen molar-refractivity contribution in [3.63, 3.8) is 0 Å². The van der Waals surface area contributed by atoms with E-state index in [1.54, 1.807) is 38.1 Å². The van der Waals surface area contributed by atoms with Gasteiger partial charge in [0.05, 0.1) is 19.8 Å². The quantitative estimate of drug-likeness (QED) is 0.383. The molecule has 1 aliphatic heterocycles. The maximum atomic E-state index is 13.8. The van der Waals surface area contributed by atoms with E-state index in [9.17, 15) is 14.4 Å². The van der Waals surface area contributed by atoms with Gasteiger partial charge in [-0.1, -0.05) is 35.9 Å². The number of amides is 2. The average molecular weight is 416 g/mol. The number of hydrogen-bond acceptors (Lipinski definition) is 7. The maximum absolute atomic E-state index is 13.8. The molecule has 2 amide bonds. The summed E-state index contributed by atoms with van der Waals surface area (Å²) in [7, 11) is 0. The SMILES string of the molecule is C=CCC(C(=O)c1ccc(C)cc1)(C1=NCCN1)N(NC(=O)OCC)C(=O)OCC. The molecule has 0 saturated carbocycles. The Balaban J connectivity index is 2.66. The summed E-state index contributed by atoms with van der Waals surface area (Å²) < 4.78 is 10.1. The van der Waals surface area contributed by atoms with E-state index in [-0.39, 0.29) is 25.5 Å². The zero-order chi connectivity index (χ0) is 22.1. The molecular formula is C21H28N4O5. The van der Waals surface area contributed by atoms with E-state index in [0.29, 0.717) is 18.7 Å². The number of hydrazine groups is 1. The van der Waals surface area contributed by atoms with E-state index in [4.69, 9.17) is 9.47 Å². The molecule has 0 fully saturated rings. The molecule has 2 N–H and O–H groups in total. The summed E-state index contributed by atoms with van der Waals surface area (Å²) in [5.41, 5.74) is 1.98. The lowest BCUT2D eigenvalue weighted by Crippen LogP contribution is -2.69. The van der Waals surface area contributed by atoms with Gasteiger partial charge in [-0.05, 0) is 20.8 Å². The fourth-order valence-corrected chi connectivity index (χ4v) is 3.16. The molecule has 1 unspecified atom stereocenters. The first-order valence-corrected chi connectivity index (χ1v) is 9.82.